The standard InChI is InChI=1S/C29H32N2O5/c1-20-14-15-24(16-21(20)2)18-26(28(33)35-3)30-27(32)25(17-22-10-6-4-7-11-22)31-29(34)36-19-23-12-8-5-9-13-23/h4-16,25-26H,17-19H2,1-3H3,(H,30,32)(H,31,34)/t25-,26-/m0/s1. The van der Waals surface area contributed by atoms with E-state index in [4.69, 9.17) is 9.47 Å². The molecule has 3 rings (SSSR count). The number of rotatable bonds is 10. The molecule has 188 valence electrons. The fourth-order valence-corrected chi connectivity index (χ4v) is 3.74. The molecule has 2 N–H and O–H groups in total. The van der Waals surface area contributed by atoms with Crippen LogP contribution in [0.1, 0.15) is 27.8 Å². The summed E-state index contributed by atoms with van der Waals surface area (Å²) in [4.78, 5) is 38.4. The van der Waals surface area contributed by atoms with E-state index >= 15 is 0 Å². The Bertz CT molecular complexity index is 1160. The van der Waals surface area contributed by atoms with Crippen LogP contribution in [0.5, 0.6) is 0 Å². The number of carbonyl (C=O) groups excluding carboxylic acids is 3. The lowest BCUT2D eigenvalue weighted by atomic mass is 10.00. The number of nitrogens with one attached hydrogen (secondary N) is 2. The summed E-state index contributed by atoms with van der Waals surface area (Å²) in [6.07, 6.45) is -0.237. The van der Waals surface area contributed by atoms with Crippen molar-refractivity contribution < 1.29 is 23.9 Å². The minimum atomic E-state index is -0.956. The number of aryl methyl sites for hydroxylation is 2. The molecular weight excluding hydrogens is 456 g/mol. The van der Waals surface area contributed by atoms with Gasteiger partial charge < -0.3 is 20.1 Å². The molecular formula is C29H32N2O5. The highest BCUT2D eigenvalue weighted by Gasteiger charge is 2.28. The molecule has 3 aromatic carbocycles. The zero-order valence-electron chi connectivity index (χ0n) is 20.8. The molecule has 36 heavy (non-hydrogen) atoms. The third kappa shape index (κ3) is 7.98. The molecule has 0 heterocycles. The molecule has 7 nitrogen and oxygen atoms in total. The molecule has 2 amide bonds. The van der Waals surface area contributed by atoms with Crippen molar-refractivity contribution in [3.05, 3.63) is 107 Å². The van der Waals surface area contributed by atoms with Gasteiger partial charge in [-0.3, -0.25) is 4.79 Å². The summed E-state index contributed by atoms with van der Waals surface area (Å²) in [5.74, 6) is -1.07. The van der Waals surface area contributed by atoms with Gasteiger partial charge in [0.25, 0.3) is 0 Å². The minimum Gasteiger partial charge on any atom is -0.467 e. The van der Waals surface area contributed by atoms with E-state index in [0.717, 1.165) is 27.8 Å². The number of carbonyl (C=O) groups is 3. The largest absolute Gasteiger partial charge is 0.467 e. The quantitative estimate of drug-likeness (QED) is 0.420. The van der Waals surface area contributed by atoms with Gasteiger partial charge in [-0.2, -0.15) is 0 Å². The Labute approximate surface area is 211 Å². The lowest BCUT2D eigenvalue weighted by molar-refractivity contribution is -0.145. The van der Waals surface area contributed by atoms with E-state index in [1.54, 1.807) is 0 Å². The number of amides is 2. The first-order valence-corrected chi connectivity index (χ1v) is 11.8. The van der Waals surface area contributed by atoms with Gasteiger partial charge in [0.2, 0.25) is 5.91 Å². The Morgan fingerprint density at radius 1 is 0.722 bits per heavy atom. The van der Waals surface area contributed by atoms with Crippen molar-refractivity contribution in [3.8, 4) is 0 Å². The van der Waals surface area contributed by atoms with Gasteiger partial charge in [0.1, 0.15) is 18.7 Å². The van der Waals surface area contributed by atoms with E-state index in [9.17, 15) is 14.4 Å². The molecule has 0 aliphatic rings. The second-order valence-electron chi connectivity index (χ2n) is 8.66. The SMILES string of the molecule is COC(=O)[C@H](Cc1ccc(C)c(C)c1)NC(=O)[C@H](Cc1ccccc1)NC(=O)OCc1ccccc1. The number of benzene rings is 3. The molecule has 0 saturated carbocycles. The summed E-state index contributed by atoms with van der Waals surface area (Å²) in [6, 6.07) is 22.6. The van der Waals surface area contributed by atoms with Gasteiger partial charge in [-0.05, 0) is 41.7 Å². The number of hydrogen-bond acceptors (Lipinski definition) is 5. The van der Waals surface area contributed by atoms with Crippen molar-refractivity contribution in [3.63, 3.8) is 0 Å². The molecule has 0 aliphatic carbocycles. The average Bonchev–Trinajstić information content (AvgIpc) is 2.89. The Morgan fingerprint density at radius 3 is 1.94 bits per heavy atom. The first-order chi connectivity index (χ1) is 17.4. The van der Waals surface area contributed by atoms with Crippen LogP contribution in [-0.4, -0.2) is 37.2 Å². The maximum atomic E-state index is 13.3. The van der Waals surface area contributed by atoms with Crippen LogP contribution in [0.25, 0.3) is 0 Å². The van der Waals surface area contributed by atoms with E-state index in [0.29, 0.717) is 0 Å². The molecule has 0 saturated heterocycles. The fourth-order valence-electron chi connectivity index (χ4n) is 3.74. The van der Waals surface area contributed by atoms with Crippen LogP contribution in [0, 0.1) is 13.8 Å². The first kappa shape index (κ1) is 26.5. The highest BCUT2D eigenvalue weighted by atomic mass is 16.5. The maximum Gasteiger partial charge on any atom is 0.408 e. The number of hydrogen-bond donors (Lipinski definition) is 2. The van der Waals surface area contributed by atoms with Gasteiger partial charge >= 0.3 is 12.1 Å². The smallest absolute Gasteiger partial charge is 0.408 e. The molecule has 0 radical (unpaired) electrons. The minimum absolute atomic E-state index is 0.0733. The second kappa shape index (κ2) is 13.1. The van der Waals surface area contributed by atoms with Crippen molar-refractivity contribution >= 4 is 18.0 Å². The van der Waals surface area contributed by atoms with Crippen LogP contribution in [0.15, 0.2) is 78.9 Å². The molecule has 0 aromatic heterocycles. The Morgan fingerprint density at radius 2 is 1.33 bits per heavy atom. The van der Waals surface area contributed by atoms with Crippen molar-refractivity contribution in [2.45, 2.75) is 45.4 Å². The van der Waals surface area contributed by atoms with Gasteiger partial charge in [0.05, 0.1) is 7.11 Å². The van der Waals surface area contributed by atoms with Gasteiger partial charge in [-0.1, -0.05) is 78.9 Å². The topological polar surface area (TPSA) is 93.7 Å². The zero-order chi connectivity index (χ0) is 25.9. The van der Waals surface area contributed by atoms with Gasteiger partial charge in [-0.15, -0.1) is 0 Å². The van der Waals surface area contributed by atoms with E-state index < -0.39 is 30.1 Å². The molecule has 3 aromatic rings. The molecule has 0 fully saturated rings. The fraction of sp³-hybridized carbons (Fsp3) is 0.276. The van der Waals surface area contributed by atoms with Crippen LogP contribution in [-0.2, 0) is 38.5 Å². The van der Waals surface area contributed by atoms with Crippen LogP contribution < -0.4 is 10.6 Å². The molecule has 0 unspecified atom stereocenters. The summed E-state index contributed by atoms with van der Waals surface area (Å²) < 4.78 is 10.3. The molecule has 0 bridgehead atoms. The first-order valence-electron chi connectivity index (χ1n) is 11.8. The molecule has 0 spiro atoms. The third-order valence-corrected chi connectivity index (χ3v) is 5.92. The predicted molar refractivity (Wildman–Crippen MR) is 137 cm³/mol. The zero-order valence-corrected chi connectivity index (χ0v) is 20.8. The van der Waals surface area contributed by atoms with Crippen LogP contribution in [0.2, 0.25) is 0 Å². The lowest BCUT2D eigenvalue weighted by Gasteiger charge is -2.22. The van der Waals surface area contributed by atoms with E-state index in [2.05, 4.69) is 10.6 Å². The van der Waals surface area contributed by atoms with E-state index in [1.165, 1.54) is 7.11 Å². The van der Waals surface area contributed by atoms with Crippen molar-refractivity contribution in [1.29, 1.82) is 0 Å². The highest BCUT2D eigenvalue weighted by molar-refractivity contribution is 5.90. The van der Waals surface area contributed by atoms with Crippen molar-refractivity contribution in [2.24, 2.45) is 0 Å². The Kier molecular flexibility index (Phi) is 9.63. The average molecular weight is 489 g/mol. The maximum absolute atomic E-state index is 13.3. The normalized spacial score (nSPS) is 12.2. The Balaban J connectivity index is 1.73. The number of esters is 1. The summed E-state index contributed by atoms with van der Waals surface area (Å²) in [5.41, 5.74) is 4.80. The molecule has 0 aliphatic heterocycles. The van der Waals surface area contributed by atoms with Crippen LogP contribution in [0.3, 0.4) is 0 Å². The predicted octanol–water partition coefficient (Wildman–Crippen LogP) is 4.04. The summed E-state index contributed by atoms with van der Waals surface area (Å²) in [5, 5.41) is 5.42. The van der Waals surface area contributed by atoms with Gasteiger partial charge in [0.15, 0.2) is 0 Å². The third-order valence-electron chi connectivity index (χ3n) is 5.92. The second-order valence-corrected chi connectivity index (χ2v) is 8.66. The van der Waals surface area contributed by atoms with Crippen molar-refractivity contribution in [2.75, 3.05) is 7.11 Å². The van der Waals surface area contributed by atoms with Gasteiger partial charge in [0, 0.05) is 12.8 Å². The van der Waals surface area contributed by atoms with Gasteiger partial charge in [-0.25, -0.2) is 9.59 Å². The monoisotopic (exact) mass is 488 g/mol. The van der Waals surface area contributed by atoms with E-state index in [1.807, 2.05) is 92.7 Å². The van der Waals surface area contributed by atoms with Crippen LogP contribution >= 0.6 is 0 Å². The summed E-state index contributed by atoms with van der Waals surface area (Å²) in [7, 11) is 1.28. The number of ether oxygens (including phenoxy) is 2. The van der Waals surface area contributed by atoms with Crippen LogP contribution in [0.4, 0.5) is 4.79 Å². The summed E-state index contributed by atoms with van der Waals surface area (Å²) in [6.45, 7) is 4.07. The van der Waals surface area contributed by atoms with Crippen molar-refractivity contribution in [1.82, 2.24) is 10.6 Å². The highest BCUT2D eigenvalue weighted by Crippen LogP contribution is 2.13. The Hall–Kier alpha value is -4.13. The van der Waals surface area contributed by atoms with E-state index in [-0.39, 0.29) is 19.4 Å². The molecule has 7 heteroatoms. The molecule has 2 atom stereocenters. The summed E-state index contributed by atoms with van der Waals surface area (Å²) >= 11 is 0. The lowest BCUT2D eigenvalue weighted by Crippen LogP contribution is -2.53. The number of methoxy groups -OCH3 is 1. The number of alkyl carbamates (subject to hydrolysis) is 1.